The van der Waals surface area contributed by atoms with Crippen LogP contribution < -0.4 is 0 Å². The molecule has 23 heavy (non-hydrogen) atoms. The van der Waals surface area contributed by atoms with E-state index in [1.165, 1.54) is 48.8 Å². The normalized spacial score (nSPS) is 21.4. The second-order valence-corrected chi connectivity index (χ2v) is 6.82. The molecular formula is C23H24. The second kappa shape index (κ2) is 6.58. The molecule has 1 atom stereocenters. The predicted molar refractivity (Wildman–Crippen MR) is 98.3 cm³/mol. The summed E-state index contributed by atoms with van der Waals surface area (Å²) in [5.74, 6) is 0.555. The summed E-state index contributed by atoms with van der Waals surface area (Å²) in [6, 6.07) is 22.0. The van der Waals surface area contributed by atoms with E-state index in [2.05, 4.69) is 66.7 Å². The largest absolute Gasteiger partial charge is 0.0664 e. The smallest absolute Gasteiger partial charge is 0.0130 e. The zero-order valence-electron chi connectivity index (χ0n) is 13.7. The molecule has 1 fully saturated rings. The van der Waals surface area contributed by atoms with Gasteiger partial charge in [-0.1, -0.05) is 78.7 Å². The minimum atomic E-state index is 0.555. The molecule has 0 nitrogen and oxygen atoms in total. The van der Waals surface area contributed by atoms with Crippen LogP contribution in [0.3, 0.4) is 0 Å². The molecule has 116 valence electrons. The molecule has 4 rings (SSSR count). The van der Waals surface area contributed by atoms with Gasteiger partial charge < -0.3 is 0 Å². The average molecular weight is 300 g/mol. The molecule has 0 aliphatic heterocycles. The van der Waals surface area contributed by atoms with Gasteiger partial charge in [-0.3, -0.25) is 0 Å². The van der Waals surface area contributed by atoms with Gasteiger partial charge in [-0.15, -0.1) is 0 Å². The maximum atomic E-state index is 2.51. The van der Waals surface area contributed by atoms with Crippen LogP contribution in [-0.4, -0.2) is 0 Å². The van der Waals surface area contributed by atoms with E-state index < -0.39 is 0 Å². The topological polar surface area (TPSA) is 0 Å². The summed E-state index contributed by atoms with van der Waals surface area (Å²) in [6.07, 6.45) is 10.4. The maximum Gasteiger partial charge on any atom is 0.0130 e. The van der Waals surface area contributed by atoms with E-state index in [4.69, 9.17) is 0 Å². The molecule has 0 spiro atoms. The van der Waals surface area contributed by atoms with Gasteiger partial charge in [0.15, 0.2) is 0 Å². The van der Waals surface area contributed by atoms with Crippen LogP contribution in [0, 0.1) is 0 Å². The third kappa shape index (κ3) is 3.03. The van der Waals surface area contributed by atoms with E-state index in [9.17, 15) is 0 Å². The van der Waals surface area contributed by atoms with Crippen LogP contribution in [0.1, 0.15) is 55.6 Å². The molecule has 0 amide bonds. The number of benzene rings is 2. The Morgan fingerprint density at radius 2 is 1.35 bits per heavy atom. The van der Waals surface area contributed by atoms with Crippen LogP contribution in [0.25, 0.3) is 5.57 Å². The fourth-order valence-electron chi connectivity index (χ4n) is 4.13. The third-order valence-electron chi connectivity index (χ3n) is 5.34. The Morgan fingerprint density at radius 1 is 0.696 bits per heavy atom. The molecule has 2 aromatic rings. The average Bonchev–Trinajstić information content (AvgIpc) is 3.09. The Bertz CT molecular complexity index is 711. The van der Waals surface area contributed by atoms with Gasteiger partial charge in [-0.2, -0.15) is 0 Å². The van der Waals surface area contributed by atoms with Crippen LogP contribution in [0.15, 0.2) is 77.9 Å². The summed E-state index contributed by atoms with van der Waals surface area (Å²) < 4.78 is 0. The molecule has 2 aliphatic carbocycles. The molecule has 0 bridgehead atoms. The van der Waals surface area contributed by atoms with Gasteiger partial charge >= 0.3 is 0 Å². The quantitative estimate of drug-likeness (QED) is 0.592. The summed E-state index contributed by atoms with van der Waals surface area (Å²) in [4.78, 5) is 0. The molecule has 2 aromatic carbocycles. The molecule has 0 aromatic heterocycles. The van der Waals surface area contributed by atoms with Crippen LogP contribution in [-0.2, 0) is 0 Å². The molecule has 2 aliphatic rings. The highest BCUT2D eigenvalue weighted by molar-refractivity contribution is 5.74. The van der Waals surface area contributed by atoms with Gasteiger partial charge in [0, 0.05) is 5.92 Å². The van der Waals surface area contributed by atoms with Crippen LogP contribution in [0.5, 0.6) is 0 Å². The van der Waals surface area contributed by atoms with Crippen molar-refractivity contribution in [1.29, 1.82) is 0 Å². The molecule has 0 heteroatoms. The first-order chi connectivity index (χ1) is 11.4. The number of allylic oxidation sites excluding steroid dienone is 4. The van der Waals surface area contributed by atoms with Crippen molar-refractivity contribution in [3.63, 3.8) is 0 Å². The summed E-state index contributed by atoms with van der Waals surface area (Å²) in [7, 11) is 0. The van der Waals surface area contributed by atoms with Gasteiger partial charge in [0.1, 0.15) is 0 Å². The number of hydrogen-bond donors (Lipinski definition) is 0. The standard InChI is InChI=1S/C23H24/c1-4-10-18(11-5-1)21-16-22(19-12-6-2-7-13-19)23(17-21)20-14-8-3-9-15-20/h1-2,4-7,10-13,17,22H,3,8-9,14-16H2. The van der Waals surface area contributed by atoms with Crippen molar-refractivity contribution < 1.29 is 0 Å². The Hall–Kier alpha value is -2.08. The lowest BCUT2D eigenvalue weighted by Gasteiger charge is -2.21. The van der Waals surface area contributed by atoms with Crippen molar-refractivity contribution >= 4 is 5.57 Å². The first-order valence-electron chi connectivity index (χ1n) is 8.94. The number of hydrogen-bond acceptors (Lipinski definition) is 0. The lowest BCUT2D eigenvalue weighted by molar-refractivity contribution is 0.589. The van der Waals surface area contributed by atoms with E-state index in [1.54, 1.807) is 11.1 Å². The Labute approximate surface area is 139 Å². The summed E-state index contributed by atoms with van der Waals surface area (Å²) in [6.45, 7) is 0. The molecule has 1 unspecified atom stereocenters. The SMILES string of the molecule is C1=C(c2ccccc2)CC(c2ccccc2)C1=C1CCCCC1. The molecule has 0 radical (unpaired) electrons. The first kappa shape index (κ1) is 14.5. The van der Waals surface area contributed by atoms with Crippen molar-refractivity contribution in [2.75, 3.05) is 0 Å². The molecule has 1 saturated carbocycles. The van der Waals surface area contributed by atoms with Crippen molar-refractivity contribution in [1.82, 2.24) is 0 Å². The van der Waals surface area contributed by atoms with Crippen LogP contribution >= 0.6 is 0 Å². The second-order valence-electron chi connectivity index (χ2n) is 6.82. The maximum absolute atomic E-state index is 2.51. The Kier molecular flexibility index (Phi) is 4.15. The fourth-order valence-corrected chi connectivity index (χ4v) is 4.13. The Balaban J connectivity index is 1.75. The zero-order chi connectivity index (χ0) is 15.5. The van der Waals surface area contributed by atoms with Gasteiger partial charge in [-0.05, 0) is 54.4 Å². The van der Waals surface area contributed by atoms with Gasteiger partial charge in [0.05, 0.1) is 0 Å². The van der Waals surface area contributed by atoms with Crippen molar-refractivity contribution in [2.24, 2.45) is 0 Å². The minimum Gasteiger partial charge on any atom is -0.0664 e. The summed E-state index contributed by atoms with van der Waals surface area (Å²) in [5.41, 5.74) is 7.71. The molecule has 0 heterocycles. The summed E-state index contributed by atoms with van der Waals surface area (Å²) >= 11 is 0. The highest BCUT2D eigenvalue weighted by atomic mass is 14.3. The fraction of sp³-hybridized carbons (Fsp3) is 0.304. The lowest BCUT2D eigenvalue weighted by Crippen LogP contribution is -2.03. The summed E-state index contributed by atoms with van der Waals surface area (Å²) in [5, 5.41) is 0. The van der Waals surface area contributed by atoms with E-state index >= 15 is 0 Å². The third-order valence-corrected chi connectivity index (χ3v) is 5.34. The predicted octanol–water partition coefficient (Wildman–Crippen LogP) is 6.52. The first-order valence-corrected chi connectivity index (χ1v) is 8.94. The molecule has 0 saturated heterocycles. The minimum absolute atomic E-state index is 0.555. The van der Waals surface area contributed by atoms with E-state index in [0.717, 1.165) is 6.42 Å². The van der Waals surface area contributed by atoms with Crippen molar-refractivity contribution in [2.45, 2.75) is 44.4 Å². The van der Waals surface area contributed by atoms with Gasteiger partial charge in [0.25, 0.3) is 0 Å². The van der Waals surface area contributed by atoms with Gasteiger partial charge in [0.2, 0.25) is 0 Å². The lowest BCUT2D eigenvalue weighted by atomic mass is 9.84. The highest BCUT2D eigenvalue weighted by Crippen LogP contribution is 2.45. The monoisotopic (exact) mass is 300 g/mol. The van der Waals surface area contributed by atoms with E-state index in [-0.39, 0.29) is 0 Å². The molecule has 0 N–H and O–H groups in total. The van der Waals surface area contributed by atoms with Gasteiger partial charge in [-0.25, -0.2) is 0 Å². The van der Waals surface area contributed by atoms with E-state index in [1.807, 2.05) is 0 Å². The van der Waals surface area contributed by atoms with Crippen LogP contribution in [0.2, 0.25) is 0 Å². The molecular weight excluding hydrogens is 276 g/mol. The zero-order valence-corrected chi connectivity index (χ0v) is 13.7. The highest BCUT2D eigenvalue weighted by Gasteiger charge is 2.27. The number of rotatable bonds is 2. The van der Waals surface area contributed by atoms with Crippen molar-refractivity contribution in [3.05, 3.63) is 89.0 Å². The van der Waals surface area contributed by atoms with Crippen molar-refractivity contribution in [3.8, 4) is 0 Å². The van der Waals surface area contributed by atoms with E-state index in [0.29, 0.717) is 5.92 Å². The Morgan fingerprint density at radius 3 is 2.04 bits per heavy atom. The van der Waals surface area contributed by atoms with Crippen LogP contribution in [0.4, 0.5) is 0 Å².